The van der Waals surface area contributed by atoms with Gasteiger partial charge < -0.3 is 5.73 Å². The molecule has 0 fully saturated rings. The van der Waals surface area contributed by atoms with E-state index in [0.717, 1.165) is 53.2 Å². The first-order chi connectivity index (χ1) is 9.75. The molecule has 2 N–H and O–H groups in total. The first-order valence-electron chi connectivity index (χ1n) is 6.97. The van der Waals surface area contributed by atoms with Crippen LogP contribution in [-0.2, 0) is 12.8 Å². The van der Waals surface area contributed by atoms with E-state index in [0.29, 0.717) is 0 Å². The molecular formula is C16H16N4. The Kier molecular flexibility index (Phi) is 2.33. The van der Waals surface area contributed by atoms with E-state index in [1.54, 1.807) is 0 Å². The van der Waals surface area contributed by atoms with Gasteiger partial charge in [-0.15, -0.1) is 0 Å². The van der Waals surface area contributed by atoms with Crippen molar-refractivity contribution in [3.05, 3.63) is 47.3 Å². The molecule has 20 heavy (non-hydrogen) atoms. The first-order valence-corrected chi connectivity index (χ1v) is 6.97. The van der Waals surface area contributed by atoms with Gasteiger partial charge in [0.15, 0.2) is 5.65 Å². The number of benzene rings is 1. The Balaban J connectivity index is 2.08. The maximum Gasteiger partial charge on any atom is 0.165 e. The SMILES string of the molecule is Cc1nn2c(N)c3c(nc2c1-c1ccccc1)CCC3. The Hall–Kier alpha value is -2.36. The fraction of sp³-hybridized carbons (Fsp3) is 0.250. The number of aromatic nitrogens is 3. The molecule has 4 nitrogen and oxygen atoms in total. The summed E-state index contributed by atoms with van der Waals surface area (Å²) in [7, 11) is 0. The van der Waals surface area contributed by atoms with E-state index in [4.69, 9.17) is 10.7 Å². The summed E-state index contributed by atoms with van der Waals surface area (Å²) in [5.74, 6) is 0.757. The summed E-state index contributed by atoms with van der Waals surface area (Å²) in [5.41, 5.74) is 12.7. The summed E-state index contributed by atoms with van der Waals surface area (Å²) in [6.07, 6.45) is 3.18. The average molecular weight is 264 g/mol. The molecule has 0 aliphatic heterocycles. The second-order valence-electron chi connectivity index (χ2n) is 5.34. The van der Waals surface area contributed by atoms with Gasteiger partial charge in [-0.25, -0.2) is 4.98 Å². The molecule has 4 rings (SSSR count). The van der Waals surface area contributed by atoms with Crippen molar-refractivity contribution in [2.45, 2.75) is 26.2 Å². The molecule has 0 atom stereocenters. The predicted octanol–water partition coefficient (Wildman–Crippen LogP) is 2.78. The van der Waals surface area contributed by atoms with E-state index < -0.39 is 0 Å². The summed E-state index contributed by atoms with van der Waals surface area (Å²) in [6, 6.07) is 10.3. The zero-order valence-corrected chi connectivity index (χ0v) is 11.4. The van der Waals surface area contributed by atoms with Gasteiger partial charge in [0.2, 0.25) is 0 Å². The molecule has 0 saturated heterocycles. The van der Waals surface area contributed by atoms with Crippen LogP contribution in [0.4, 0.5) is 5.82 Å². The predicted molar refractivity (Wildman–Crippen MR) is 79.6 cm³/mol. The van der Waals surface area contributed by atoms with Crippen molar-refractivity contribution in [1.29, 1.82) is 0 Å². The molecule has 0 unspecified atom stereocenters. The maximum atomic E-state index is 6.29. The van der Waals surface area contributed by atoms with Gasteiger partial charge in [0.1, 0.15) is 5.82 Å². The third-order valence-electron chi connectivity index (χ3n) is 4.07. The minimum Gasteiger partial charge on any atom is -0.383 e. The Morgan fingerprint density at radius 1 is 1.15 bits per heavy atom. The Morgan fingerprint density at radius 2 is 1.95 bits per heavy atom. The molecule has 2 aromatic heterocycles. The number of nitrogen functional groups attached to an aromatic ring is 1. The van der Waals surface area contributed by atoms with Crippen LogP contribution in [-0.4, -0.2) is 14.6 Å². The van der Waals surface area contributed by atoms with Crippen molar-refractivity contribution in [2.75, 3.05) is 5.73 Å². The smallest absolute Gasteiger partial charge is 0.165 e. The Bertz CT molecular complexity index is 802. The Morgan fingerprint density at radius 3 is 2.75 bits per heavy atom. The molecule has 0 saturated carbocycles. The van der Waals surface area contributed by atoms with Crippen LogP contribution >= 0.6 is 0 Å². The van der Waals surface area contributed by atoms with Gasteiger partial charge in [0.05, 0.1) is 5.69 Å². The van der Waals surface area contributed by atoms with Crippen LogP contribution in [0.1, 0.15) is 23.4 Å². The van der Waals surface area contributed by atoms with Crippen LogP contribution in [0.5, 0.6) is 0 Å². The number of nitrogens with two attached hydrogens (primary N) is 1. The molecular weight excluding hydrogens is 248 g/mol. The normalized spacial score (nSPS) is 13.8. The van der Waals surface area contributed by atoms with E-state index in [-0.39, 0.29) is 0 Å². The number of nitrogens with zero attached hydrogens (tertiary/aromatic N) is 3. The standard InChI is InChI=1S/C16H16N4/c1-10-14(11-6-3-2-4-7-11)16-18-13-9-5-8-12(13)15(17)20(16)19-10/h2-4,6-7H,5,8-9,17H2,1H3. The van der Waals surface area contributed by atoms with Crippen LogP contribution in [0.3, 0.4) is 0 Å². The quantitative estimate of drug-likeness (QED) is 0.735. The highest BCUT2D eigenvalue weighted by Gasteiger charge is 2.22. The van der Waals surface area contributed by atoms with Crippen LogP contribution < -0.4 is 5.73 Å². The highest BCUT2D eigenvalue weighted by Crippen LogP contribution is 2.32. The topological polar surface area (TPSA) is 56.2 Å². The Labute approximate surface area is 117 Å². The zero-order chi connectivity index (χ0) is 13.7. The molecule has 4 heteroatoms. The number of hydrogen-bond acceptors (Lipinski definition) is 3. The third-order valence-corrected chi connectivity index (χ3v) is 4.07. The number of rotatable bonds is 1. The number of hydrogen-bond donors (Lipinski definition) is 1. The minimum absolute atomic E-state index is 0.757. The summed E-state index contributed by atoms with van der Waals surface area (Å²) in [4.78, 5) is 4.83. The third kappa shape index (κ3) is 1.48. The molecule has 1 aliphatic carbocycles. The van der Waals surface area contributed by atoms with Gasteiger partial charge in [-0.05, 0) is 31.7 Å². The molecule has 0 amide bonds. The van der Waals surface area contributed by atoms with Crippen LogP contribution in [0.25, 0.3) is 16.8 Å². The molecule has 0 spiro atoms. The molecule has 0 bridgehead atoms. The molecule has 1 aromatic carbocycles. The van der Waals surface area contributed by atoms with E-state index in [1.807, 2.05) is 29.6 Å². The summed E-state index contributed by atoms with van der Waals surface area (Å²) in [6.45, 7) is 2.02. The van der Waals surface area contributed by atoms with Gasteiger partial charge in [-0.1, -0.05) is 30.3 Å². The van der Waals surface area contributed by atoms with Crippen molar-refractivity contribution < 1.29 is 0 Å². The largest absolute Gasteiger partial charge is 0.383 e. The fourth-order valence-electron chi connectivity index (χ4n) is 3.11. The highest BCUT2D eigenvalue weighted by atomic mass is 15.3. The van der Waals surface area contributed by atoms with E-state index in [2.05, 4.69) is 17.2 Å². The molecule has 2 heterocycles. The lowest BCUT2D eigenvalue weighted by atomic mass is 10.1. The van der Waals surface area contributed by atoms with Gasteiger partial charge in [0, 0.05) is 16.8 Å². The monoisotopic (exact) mass is 264 g/mol. The fourth-order valence-corrected chi connectivity index (χ4v) is 3.11. The van der Waals surface area contributed by atoms with E-state index in [9.17, 15) is 0 Å². The van der Waals surface area contributed by atoms with Crippen molar-refractivity contribution in [3.8, 4) is 11.1 Å². The lowest BCUT2D eigenvalue weighted by molar-refractivity contribution is 0.901. The number of aryl methyl sites for hydroxylation is 2. The lowest BCUT2D eigenvalue weighted by Gasteiger charge is -2.06. The van der Waals surface area contributed by atoms with Gasteiger partial charge in [-0.3, -0.25) is 0 Å². The van der Waals surface area contributed by atoms with Gasteiger partial charge >= 0.3 is 0 Å². The second kappa shape index (κ2) is 4.07. The number of anilines is 1. The van der Waals surface area contributed by atoms with E-state index >= 15 is 0 Å². The zero-order valence-electron chi connectivity index (χ0n) is 11.4. The summed E-state index contributed by atoms with van der Waals surface area (Å²) >= 11 is 0. The molecule has 0 radical (unpaired) electrons. The van der Waals surface area contributed by atoms with Crippen LogP contribution in [0.2, 0.25) is 0 Å². The first kappa shape index (κ1) is 11.5. The van der Waals surface area contributed by atoms with Gasteiger partial charge in [-0.2, -0.15) is 9.61 Å². The van der Waals surface area contributed by atoms with Crippen molar-refractivity contribution in [2.24, 2.45) is 0 Å². The molecule has 1 aliphatic rings. The maximum absolute atomic E-state index is 6.29. The van der Waals surface area contributed by atoms with E-state index in [1.165, 1.54) is 5.56 Å². The van der Waals surface area contributed by atoms with Crippen LogP contribution in [0.15, 0.2) is 30.3 Å². The minimum atomic E-state index is 0.757. The summed E-state index contributed by atoms with van der Waals surface area (Å²) < 4.78 is 1.81. The van der Waals surface area contributed by atoms with Gasteiger partial charge in [0.25, 0.3) is 0 Å². The average Bonchev–Trinajstić information content (AvgIpc) is 3.04. The molecule has 3 aromatic rings. The second-order valence-corrected chi connectivity index (χ2v) is 5.34. The summed E-state index contributed by atoms with van der Waals surface area (Å²) in [5, 5.41) is 4.60. The lowest BCUT2D eigenvalue weighted by Crippen LogP contribution is -2.06. The van der Waals surface area contributed by atoms with Crippen molar-refractivity contribution in [1.82, 2.24) is 14.6 Å². The molecule has 100 valence electrons. The number of fused-ring (bicyclic) bond motifs is 2. The highest BCUT2D eigenvalue weighted by molar-refractivity contribution is 5.81. The van der Waals surface area contributed by atoms with Crippen molar-refractivity contribution in [3.63, 3.8) is 0 Å². The van der Waals surface area contributed by atoms with Crippen LogP contribution in [0, 0.1) is 6.92 Å². The van der Waals surface area contributed by atoms with Crippen molar-refractivity contribution >= 4 is 11.5 Å².